The summed E-state index contributed by atoms with van der Waals surface area (Å²) in [4.78, 5) is 30.3. The molecule has 36 heavy (non-hydrogen) atoms. The highest BCUT2D eigenvalue weighted by Crippen LogP contribution is 2.40. The van der Waals surface area contributed by atoms with Crippen LogP contribution in [0.4, 0.5) is 0 Å². The lowest BCUT2D eigenvalue weighted by molar-refractivity contribution is -0.140. The minimum atomic E-state index is -0.692. The van der Waals surface area contributed by atoms with Crippen LogP contribution >= 0.6 is 11.6 Å². The van der Waals surface area contributed by atoms with Crippen LogP contribution < -0.4 is 4.74 Å². The van der Waals surface area contributed by atoms with Crippen molar-refractivity contribution in [3.8, 4) is 5.75 Å². The quantitative estimate of drug-likeness (QED) is 0.301. The molecule has 2 aliphatic rings. The Bertz CT molecular complexity index is 1130. The molecule has 2 fully saturated rings. The molecule has 0 aromatic heterocycles. The maximum atomic E-state index is 13.3. The van der Waals surface area contributed by atoms with Crippen LogP contribution in [-0.2, 0) is 14.3 Å². The van der Waals surface area contributed by atoms with E-state index in [0.717, 1.165) is 37.2 Å². The van der Waals surface area contributed by atoms with Gasteiger partial charge in [-0.05, 0) is 61.2 Å². The number of ketones is 1. The number of amides is 1. The fraction of sp³-hybridized carbons (Fsp3) is 0.429. The topological polar surface area (TPSA) is 79.3 Å². The van der Waals surface area contributed by atoms with Crippen LogP contribution in [0.5, 0.6) is 5.75 Å². The number of nitrogens with zero attached hydrogens (tertiary/aromatic N) is 2. The first-order valence-electron chi connectivity index (χ1n) is 12.5. The molecule has 1 unspecified atom stereocenters. The number of morpholine rings is 1. The molecule has 2 aromatic rings. The van der Waals surface area contributed by atoms with Crippen LogP contribution in [0.25, 0.3) is 5.76 Å². The molecular formula is C28H33ClN2O5. The zero-order valence-corrected chi connectivity index (χ0v) is 21.6. The molecule has 2 heterocycles. The van der Waals surface area contributed by atoms with E-state index in [-0.39, 0.29) is 11.3 Å². The molecule has 4 rings (SSSR count). The van der Waals surface area contributed by atoms with E-state index >= 15 is 0 Å². The number of rotatable bonds is 9. The van der Waals surface area contributed by atoms with Crippen molar-refractivity contribution in [1.82, 2.24) is 9.80 Å². The zero-order valence-electron chi connectivity index (χ0n) is 20.8. The fourth-order valence-corrected chi connectivity index (χ4v) is 4.87. The van der Waals surface area contributed by atoms with Crippen LogP contribution in [0.15, 0.2) is 48.0 Å². The van der Waals surface area contributed by atoms with Gasteiger partial charge in [0.2, 0.25) is 0 Å². The van der Waals surface area contributed by atoms with Crippen molar-refractivity contribution in [2.45, 2.75) is 32.7 Å². The smallest absolute Gasteiger partial charge is 0.295 e. The third-order valence-corrected chi connectivity index (χ3v) is 6.88. The maximum Gasteiger partial charge on any atom is 0.295 e. The molecule has 7 nitrogen and oxygen atoms in total. The van der Waals surface area contributed by atoms with Gasteiger partial charge < -0.3 is 19.5 Å². The Balaban J connectivity index is 1.66. The van der Waals surface area contributed by atoms with Gasteiger partial charge in [0.1, 0.15) is 11.5 Å². The minimum absolute atomic E-state index is 0.0963. The van der Waals surface area contributed by atoms with Gasteiger partial charge in [-0.3, -0.25) is 14.5 Å². The molecule has 2 aromatic carbocycles. The van der Waals surface area contributed by atoms with Crippen molar-refractivity contribution >= 4 is 29.1 Å². The molecule has 192 valence electrons. The van der Waals surface area contributed by atoms with Crippen LogP contribution in [0.1, 0.15) is 42.5 Å². The van der Waals surface area contributed by atoms with Crippen LogP contribution in [-0.4, -0.2) is 72.6 Å². The predicted octanol–water partition coefficient (Wildman–Crippen LogP) is 4.58. The van der Waals surface area contributed by atoms with Crippen molar-refractivity contribution in [3.05, 3.63) is 69.8 Å². The van der Waals surface area contributed by atoms with E-state index in [4.69, 9.17) is 21.1 Å². The van der Waals surface area contributed by atoms with E-state index < -0.39 is 17.7 Å². The fourth-order valence-electron chi connectivity index (χ4n) is 4.75. The van der Waals surface area contributed by atoms with E-state index in [1.807, 2.05) is 19.9 Å². The highest BCUT2D eigenvalue weighted by molar-refractivity contribution is 6.46. The highest BCUT2D eigenvalue weighted by atomic mass is 35.5. The number of Topliss-reactive ketones (excluding diaryl/α,β-unsaturated/α-hetero) is 1. The van der Waals surface area contributed by atoms with Gasteiger partial charge in [0, 0.05) is 36.8 Å². The monoisotopic (exact) mass is 512 g/mol. The Morgan fingerprint density at radius 2 is 1.83 bits per heavy atom. The van der Waals surface area contributed by atoms with Gasteiger partial charge in [0.05, 0.1) is 31.4 Å². The largest absolute Gasteiger partial charge is 0.507 e. The number of aliphatic hydroxyl groups excluding tert-OH is 1. The van der Waals surface area contributed by atoms with Crippen LogP contribution in [0.3, 0.4) is 0 Å². The maximum absolute atomic E-state index is 13.3. The molecular weight excluding hydrogens is 480 g/mol. The summed E-state index contributed by atoms with van der Waals surface area (Å²) in [7, 11) is 0. The predicted molar refractivity (Wildman–Crippen MR) is 139 cm³/mol. The molecule has 1 atom stereocenters. The Kier molecular flexibility index (Phi) is 8.67. The number of aryl methyl sites for hydroxylation is 1. The Hall–Kier alpha value is -2.87. The zero-order chi connectivity index (χ0) is 25.7. The number of hydrogen-bond donors (Lipinski definition) is 1. The number of halogens is 1. The molecule has 0 spiro atoms. The van der Waals surface area contributed by atoms with Gasteiger partial charge in [0.15, 0.2) is 0 Å². The average Bonchev–Trinajstić information content (AvgIpc) is 3.13. The lowest BCUT2D eigenvalue weighted by Gasteiger charge is -2.29. The molecule has 1 amide bonds. The van der Waals surface area contributed by atoms with Crippen LogP contribution in [0.2, 0.25) is 5.02 Å². The molecule has 2 aliphatic heterocycles. The number of ether oxygens (including phenoxy) is 2. The molecule has 2 saturated heterocycles. The van der Waals surface area contributed by atoms with E-state index in [2.05, 4.69) is 4.90 Å². The number of aliphatic hydroxyl groups is 1. The summed E-state index contributed by atoms with van der Waals surface area (Å²) < 4.78 is 11.1. The van der Waals surface area contributed by atoms with Crippen molar-refractivity contribution < 1.29 is 24.2 Å². The average molecular weight is 513 g/mol. The lowest BCUT2D eigenvalue weighted by atomic mass is 9.94. The summed E-state index contributed by atoms with van der Waals surface area (Å²) in [6.07, 6.45) is 1.59. The SMILES string of the molecule is CCCOc1ccc(C(O)=C2C(=O)C(=O)N(CCCN3CCOCC3)C2c2ccc(Cl)cc2)c(C)c1. The number of benzene rings is 2. The first-order chi connectivity index (χ1) is 17.4. The third-order valence-electron chi connectivity index (χ3n) is 6.63. The molecule has 0 aliphatic carbocycles. The van der Waals surface area contributed by atoms with E-state index in [0.29, 0.717) is 49.1 Å². The summed E-state index contributed by atoms with van der Waals surface area (Å²) in [5, 5.41) is 11.9. The number of carbonyl (C=O) groups excluding carboxylic acids is 2. The van der Waals surface area contributed by atoms with E-state index in [1.165, 1.54) is 0 Å². The second kappa shape index (κ2) is 11.9. The second-order valence-corrected chi connectivity index (χ2v) is 9.61. The van der Waals surface area contributed by atoms with Gasteiger partial charge in [-0.1, -0.05) is 30.7 Å². The number of hydrogen-bond acceptors (Lipinski definition) is 6. The normalized spacial score (nSPS) is 20.2. The summed E-state index contributed by atoms with van der Waals surface area (Å²) in [6, 6.07) is 11.7. The molecule has 0 radical (unpaired) electrons. The van der Waals surface area contributed by atoms with Gasteiger partial charge >= 0.3 is 0 Å². The standard InChI is InChI=1S/C28H33ClN2O5/c1-3-15-36-22-9-10-23(19(2)18-22)26(32)24-25(20-5-7-21(29)8-6-20)31(28(34)27(24)33)12-4-11-30-13-16-35-17-14-30/h5-10,18,25,32H,3-4,11-17H2,1-2H3. The highest BCUT2D eigenvalue weighted by Gasteiger charge is 2.46. The first kappa shape index (κ1) is 26.2. The van der Waals surface area contributed by atoms with Crippen molar-refractivity contribution in [2.24, 2.45) is 0 Å². The Labute approximate surface area is 217 Å². The van der Waals surface area contributed by atoms with Crippen LogP contribution in [0, 0.1) is 6.92 Å². The minimum Gasteiger partial charge on any atom is -0.507 e. The van der Waals surface area contributed by atoms with Gasteiger partial charge in [-0.2, -0.15) is 0 Å². The number of likely N-dealkylation sites (tertiary alicyclic amines) is 1. The molecule has 8 heteroatoms. The van der Waals surface area contributed by atoms with Crippen molar-refractivity contribution in [2.75, 3.05) is 46.0 Å². The third kappa shape index (κ3) is 5.75. The summed E-state index contributed by atoms with van der Waals surface area (Å²) in [5.41, 5.74) is 2.09. The van der Waals surface area contributed by atoms with E-state index in [1.54, 1.807) is 41.3 Å². The van der Waals surface area contributed by atoms with Crippen molar-refractivity contribution in [1.29, 1.82) is 0 Å². The van der Waals surface area contributed by atoms with Gasteiger partial charge in [-0.15, -0.1) is 0 Å². The lowest BCUT2D eigenvalue weighted by Crippen LogP contribution is -2.38. The summed E-state index contributed by atoms with van der Waals surface area (Å²) in [5.74, 6) is -0.754. The van der Waals surface area contributed by atoms with Gasteiger partial charge in [0.25, 0.3) is 11.7 Å². The molecule has 1 N–H and O–H groups in total. The van der Waals surface area contributed by atoms with Crippen molar-refractivity contribution in [3.63, 3.8) is 0 Å². The Morgan fingerprint density at radius 3 is 2.50 bits per heavy atom. The van der Waals surface area contributed by atoms with E-state index in [9.17, 15) is 14.7 Å². The molecule has 0 saturated carbocycles. The molecule has 0 bridgehead atoms. The number of carbonyl (C=O) groups is 2. The van der Waals surface area contributed by atoms with Gasteiger partial charge in [-0.25, -0.2) is 0 Å². The summed E-state index contributed by atoms with van der Waals surface area (Å²) >= 11 is 6.11. The summed E-state index contributed by atoms with van der Waals surface area (Å²) in [6.45, 7) is 8.80. The first-order valence-corrected chi connectivity index (χ1v) is 12.9. The second-order valence-electron chi connectivity index (χ2n) is 9.18. The Morgan fingerprint density at radius 1 is 1.11 bits per heavy atom.